The Bertz CT molecular complexity index is 369. The van der Waals surface area contributed by atoms with Gasteiger partial charge in [0.05, 0.1) is 23.9 Å². The van der Waals surface area contributed by atoms with Crippen LogP contribution in [0.25, 0.3) is 0 Å². The van der Waals surface area contributed by atoms with Gasteiger partial charge in [-0.05, 0) is 39.5 Å². The van der Waals surface area contributed by atoms with Gasteiger partial charge in [-0.1, -0.05) is 5.21 Å². The highest BCUT2D eigenvalue weighted by Crippen LogP contribution is 2.29. The molecule has 0 saturated heterocycles. The number of aromatic nitrogens is 3. The minimum absolute atomic E-state index is 0.354. The molecule has 2 unspecified atom stereocenters. The third-order valence-corrected chi connectivity index (χ3v) is 3.48. The summed E-state index contributed by atoms with van der Waals surface area (Å²) in [4.78, 5) is 0. The first-order valence-corrected chi connectivity index (χ1v) is 6.24. The summed E-state index contributed by atoms with van der Waals surface area (Å²) in [5.41, 5.74) is 6.43. The van der Waals surface area contributed by atoms with Gasteiger partial charge in [0, 0.05) is 7.11 Å². The van der Waals surface area contributed by atoms with Crippen molar-refractivity contribution in [3.05, 3.63) is 11.9 Å². The van der Waals surface area contributed by atoms with Gasteiger partial charge in [-0.2, -0.15) is 0 Å². The van der Waals surface area contributed by atoms with Crippen LogP contribution in [-0.2, 0) is 10.3 Å². The SMILES string of the molecule is COC1CCCC(n2cc(C(C)(C)N)nn2)C1. The van der Waals surface area contributed by atoms with E-state index in [1.165, 1.54) is 6.42 Å². The molecule has 1 fully saturated rings. The Morgan fingerprint density at radius 2 is 2.24 bits per heavy atom. The van der Waals surface area contributed by atoms with Crippen molar-refractivity contribution < 1.29 is 4.74 Å². The van der Waals surface area contributed by atoms with Gasteiger partial charge in [-0.25, -0.2) is 4.68 Å². The highest BCUT2D eigenvalue weighted by atomic mass is 16.5. The van der Waals surface area contributed by atoms with Crippen molar-refractivity contribution in [2.24, 2.45) is 5.73 Å². The summed E-state index contributed by atoms with van der Waals surface area (Å²) in [6.07, 6.45) is 6.83. The van der Waals surface area contributed by atoms with E-state index in [9.17, 15) is 0 Å². The molecule has 2 rings (SSSR count). The van der Waals surface area contributed by atoms with E-state index in [1.807, 2.05) is 24.7 Å². The van der Waals surface area contributed by atoms with E-state index in [-0.39, 0.29) is 0 Å². The van der Waals surface area contributed by atoms with Crippen LogP contribution < -0.4 is 5.73 Å². The van der Waals surface area contributed by atoms with Crippen molar-refractivity contribution in [1.82, 2.24) is 15.0 Å². The second-order valence-corrected chi connectivity index (χ2v) is 5.48. The third-order valence-electron chi connectivity index (χ3n) is 3.48. The van der Waals surface area contributed by atoms with E-state index >= 15 is 0 Å². The molecule has 5 heteroatoms. The Labute approximate surface area is 102 Å². The lowest BCUT2D eigenvalue weighted by Gasteiger charge is -2.27. The van der Waals surface area contributed by atoms with Crippen LogP contribution in [0.1, 0.15) is 51.3 Å². The van der Waals surface area contributed by atoms with Crippen molar-refractivity contribution in [3.63, 3.8) is 0 Å². The van der Waals surface area contributed by atoms with Crippen molar-refractivity contribution in [1.29, 1.82) is 0 Å². The van der Waals surface area contributed by atoms with E-state index in [2.05, 4.69) is 10.3 Å². The molecule has 0 aromatic carbocycles. The number of nitrogens with zero attached hydrogens (tertiary/aromatic N) is 3. The minimum atomic E-state index is -0.423. The summed E-state index contributed by atoms with van der Waals surface area (Å²) >= 11 is 0. The summed E-state index contributed by atoms with van der Waals surface area (Å²) < 4.78 is 7.38. The van der Waals surface area contributed by atoms with E-state index in [1.54, 1.807) is 7.11 Å². The molecule has 2 atom stereocenters. The van der Waals surface area contributed by atoms with Gasteiger partial charge in [0.25, 0.3) is 0 Å². The molecule has 96 valence electrons. The van der Waals surface area contributed by atoms with Crippen LogP contribution >= 0.6 is 0 Å². The highest BCUT2D eigenvalue weighted by molar-refractivity contribution is 5.06. The maximum absolute atomic E-state index is 6.01. The van der Waals surface area contributed by atoms with Crippen molar-refractivity contribution >= 4 is 0 Å². The fourth-order valence-corrected chi connectivity index (χ4v) is 2.33. The predicted molar refractivity (Wildman–Crippen MR) is 65.5 cm³/mol. The number of rotatable bonds is 3. The molecule has 0 aliphatic heterocycles. The quantitative estimate of drug-likeness (QED) is 0.868. The lowest BCUT2D eigenvalue weighted by atomic mass is 9.93. The van der Waals surface area contributed by atoms with Gasteiger partial charge in [-0.15, -0.1) is 5.10 Å². The van der Waals surface area contributed by atoms with Gasteiger partial charge in [0.15, 0.2) is 0 Å². The summed E-state index contributed by atoms with van der Waals surface area (Å²) in [5, 5.41) is 8.37. The van der Waals surface area contributed by atoms with Gasteiger partial charge >= 0.3 is 0 Å². The second kappa shape index (κ2) is 4.74. The molecule has 2 N–H and O–H groups in total. The van der Waals surface area contributed by atoms with Crippen LogP contribution in [0.4, 0.5) is 0 Å². The molecular weight excluding hydrogens is 216 g/mol. The minimum Gasteiger partial charge on any atom is -0.381 e. The molecule has 17 heavy (non-hydrogen) atoms. The lowest BCUT2D eigenvalue weighted by molar-refractivity contribution is 0.0504. The third kappa shape index (κ3) is 2.84. The second-order valence-electron chi connectivity index (χ2n) is 5.48. The van der Waals surface area contributed by atoms with Crippen LogP contribution in [0.15, 0.2) is 6.20 Å². The normalized spacial score (nSPS) is 26.1. The summed E-state index contributed by atoms with van der Waals surface area (Å²) in [6, 6.07) is 0.400. The Kier molecular flexibility index (Phi) is 3.49. The molecular formula is C12H22N4O. The zero-order valence-electron chi connectivity index (χ0n) is 10.9. The van der Waals surface area contributed by atoms with Crippen LogP contribution in [0.3, 0.4) is 0 Å². The van der Waals surface area contributed by atoms with Crippen molar-refractivity contribution in [2.45, 2.75) is 57.2 Å². The predicted octanol–water partition coefficient (Wildman–Crippen LogP) is 1.60. The Hall–Kier alpha value is -0.940. The number of methoxy groups -OCH3 is 1. The number of hydrogen-bond acceptors (Lipinski definition) is 4. The molecule has 1 aliphatic rings. The first-order valence-electron chi connectivity index (χ1n) is 6.24. The Morgan fingerprint density at radius 1 is 1.47 bits per heavy atom. The average molecular weight is 238 g/mol. The molecule has 1 heterocycles. The first kappa shape index (κ1) is 12.5. The molecule has 0 bridgehead atoms. The zero-order chi connectivity index (χ0) is 12.5. The molecule has 0 amide bonds. The maximum Gasteiger partial charge on any atom is 0.102 e. The van der Waals surface area contributed by atoms with Crippen molar-refractivity contribution in [2.75, 3.05) is 7.11 Å². The zero-order valence-corrected chi connectivity index (χ0v) is 10.9. The molecule has 0 spiro atoms. The van der Waals surface area contributed by atoms with Gasteiger partial charge in [0.1, 0.15) is 5.69 Å². The fraction of sp³-hybridized carbons (Fsp3) is 0.833. The standard InChI is InChI=1S/C12H22N4O/c1-12(2,13)11-8-16(15-14-11)9-5-4-6-10(7-9)17-3/h8-10H,4-7,13H2,1-3H3. The van der Waals surface area contributed by atoms with E-state index < -0.39 is 5.54 Å². The van der Waals surface area contributed by atoms with Gasteiger partial charge in [0.2, 0.25) is 0 Å². The largest absolute Gasteiger partial charge is 0.381 e. The van der Waals surface area contributed by atoms with E-state index in [0.717, 1.165) is 25.0 Å². The highest BCUT2D eigenvalue weighted by Gasteiger charge is 2.26. The average Bonchev–Trinajstić information content (AvgIpc) is 2.78. The first-order chi connectivity index (χ1) is 8.00. The lowest BCUT2D eigenvalue weighted by Crippen LogP contribution is -2.29. The molecule has 1 aromatic rings. The number of ether oxygens (including phenoxy) is 1. The van der Waals surface area contributed by atoms with Gasteiger partial charge in [-0.3, -0.25) is 0 Å². The Morgan fingerprint density at radius 3 is 2.82 bits per heavy atom. The summed E-state index contributed by atoms with van der Waals surface area (Å²) in [7, 11) is 1.78. The van der Waals surface area contributed by atoms with E-state index in [0.29, 0.717) is 12.1 Å². The smallest absolute Gasteiger partial charge is 0.102 e. The number of hydrogen-bond donors (Lipinski definition) is 1. The molecule has 5 nitrogen and oxygen atoms in total. The summed E-state index contributed by atoms with van der Waals surface area (Å²) in [5.74, 6) is 0. The van der Waals surface area contributed by atoms with Crippen molar-refractivity contribution in [3.8, 4) is 0 Å². The monoisotopic (exact) mass is 238 g/mol. The van der Waals surface area contributed by atoms with Gasteiger partial charge < -0.3 is 10.5 Å². The van der Waals surface area contributed by atoms with Crippen LogP contribution in [-0.4, -0.2) is 28.2 Å². The van der Waals surface area contributed by atoms with Crippen LogP contribution in [0.2, 0.25) is 0 Å². The van der Waals surface area contributed by atoms with Crippen LogP contribution in [0.5, 0.6) is 0 Å². The summed E-state index contributed by atoms with van der Waals surface area (Å²) in [6.45, 7) is 3.89. The molecule has 1 saturated carbocycles. The van der Waals surface area contributed by atoms with Crippen LogP contribution in [0, 0.1) is 0 Å². The maximum atomic E-state index is 6.01. The Balaban J connectivity index is 2.09. The number of nitrogens with two attached hydrogens (primary N) is 1. The molecule has 1 aliphatic carbocycles. The van der Waals surface area contributed by atoms with E-state index in [4.69, 9.17) is 10.5 Å². The molecule has 0 radical (unpaired) electrons. The topological polar surface area (TPSA) is 66.0 Å². The molecule has 1 aromatic heterocycles. The fourth-order valence-electron chi connectivity index (χ4n) is 2.33.